The molecule has 0 spiro atoms. The van der Waals surface area contributed by atoms with Gasteiger partial charge in [-0.2, -0.15) is 9.97 Å². The van der Waals surface area contributed by atoms with Crippen LogP contribution in [0.2, 0.25) is 0 Å². The highest BCUT2D eigenvalue weighted by Gasteiger charge is 2.24. The molecule has 6 aromatic heterocycles. The van der Waals surface area contributed by atoms with Crippen LogP contribution in [0.15, 0.2) is 227 Å². The Morgan fingerprint density at radius 2 is 0.786 bits per heavy atom. The van der Waals surface area contributed by atoms with E-state index in [2.05, 4.69) is 155 Å². The van der Waals surface area contributed by atoms with Crippen LogP contribution in [0.1, 0.15) is 0 Å². The smallest absolute Gasteiger partial charge is 0.238 e. The third kappa shape index (κ3) is 5.83. The molecule has 15 rings (SSSR count). The van der Waals surface area contributed by atoms with E-state index in [4.69, 9.17) is 28.8 Å². The summed E-state index contributed by atoms with van der Waals surface area (Å²) in [4.78, 5) is 21.5. The fourth-order valence-corrected chi connectivity index (χ4v) is 10.6. The third-order valence-corrected chi connectivity index (χ3v) is 13.8. The van der Waals surface area contributed by atoms with Crippen molar-refractivity contribution in [3.05, 3.63) is 218 Å². The van der Waals surface area contributed by atoms with Crippen molar-refractivity contribution in [3.8, 4) is 56.9 Å². The Labute approximate surface area is 399 Å². The van der Waals surface area contributed by atoms with Crippen LogP contribution >= 0.6 is 0 Å². The first-order valence-corrected chi connectivity index (χ1v) is 23.4. The predicted octanol–water partition coefficient (Wildman–Crippen LogP) is 15.9. The van der Waals surface area contributed by atoms with Crippen molar-refractivity contribution in [3.63, 3.8) is 0 Å². The van der Waals surface area contributed by atoms with Gasteiger partial charge < -0.3 is 8.83 Å². The Balaban J connectivity index is 0.982. The molecule has 0 aliphatic rings. The number of para-hydroxylation sites is 3. The average Bonchev–Trinajstić information content (AvgIpc) is 4.18. The van der Waals surface area contributed by atoms with Crippen molar-refractivity contribution in [2.24, 2.45) is 0 Å². The molecule has 0 amide bonds. The summed E-state index contributed by atoms with van der Waals surface area (Å²) in [7, 11) is 0. The number of hydrogen-bond donors (Lipinski definition) is 0. The van der Waals surface area contributed by atoms with Gasteiger partial charge >= 0.3 is 0 Å². The molecule has 0 saturated carbocycles. The van der Waals surface area contributed by atoms with Crippen LogP contribution in [0.3, 0.4) is 0 Å². The first-order chi connectivity index (χ1) is 34.7. The van der Waals surface area contributed by atoms with Gasteiger partial charge in [0.2, 0.25) is 5.95 Å². The summed E-state index contributed by atoms with van der Waals surface area (Å²) < 4.78 is 17.1. The zero-order valence-corrected chi connectivity index (χ0v) is 37.3. The maximum atomic E-state index is 6.41. The fraction of sp³-hybridized carbons (Fsp3) is 0. The van der Waals surface area contributed by atoms with Crippen LogP contribution in [-0.4, -0.2) is 29.1 Å². The molecule has 0 radical (unpaired) electrons. The van der Waals surface area contributed by atoms with E-state index in [1.54, 1.807) is 0 Å². The van der Waals surface area contributed by atoms with Gasteiger partial charge in [-0.3, -0.25) is 9.13 Å². The molecule has 8 nitrogen and oxygen atoms in total. The Kier molecular flexibility index (Phi) is 8.20. The monoisotopic (exact) mass is 896 g/mol. The molecule has 0 atom stereocenters. The number of aromatic nitrogens is 6. The van der Waals surface area contributed by atoms with E-state index >= 15 is 0 Å². The van der Waals surface area contributed by atoms with E-state index in [9.17, 15) is 0 Å². The number of benzene rings is 9. The topological polar surface area (TPSA) is 87.7 Å². The van der Waals surface area contributed by atoms with E-state index in [1.165, 1.54) is 0 Å². The minimum Gasteiger partial charge on any atom is -0.456 e. The summed E-state index contributed by atoms with van der Waals surface area (Å²) in [6.07, 6.45) is 0. The summed E-state index contributed by atoms with van der Waals surface area (Å²) in [5.41, 5.74) is 13.2. The minimum absolute atomic E-state index is 0.505. The maximum absolute atomic E-state index is 6.41. The van der Waals surface area contributed by atoms with Crippen LogP contribution in [-0.2, 0) is 0 Å². The van der Waals surface area contributed by atoms with E-state index in [0.29, 0.717) is 17.6 Å². The lowest BCUT2D eigenvalue weighted by Crippen LogP contribution is -2.07. The number of rotatable bonds is 6. The second-order valence-electron chi connectivity index (χ2n) is 17.8. The van der Waals surface area contributed by atoms with Gasteiger partial charge in [-0.25, -0.2) is 9.97 Å². The normalized spacial score (nSPS) is 12.0. The Morgan fingerprint density at radius 1 is 0.286 bits per heavy atom. The fourth-order valence-electron chi connectivity index (χ4n) is 10.6. The Bertz CT molecular complexity index is 4600. The van der Waals surface area contributed by atoms with E-state index < -0.39 is 0 Å². The zero-order valence-electron chi connectivity index (χ0n) is 37.3. The highest BCUT2D eigenvalue weighted by Crippen LogP contribution is 2.42. The molecule has 0 aliphatic heterocycles. The molecule has 0 unspecified atom stereocenters. The lowest BCUT2D eigenvalue weighted by molar-refractivity contribution is 0.668. The van der Waals surface area contributed by atoms with E-state index in [1.807, 2.05) is 72.8 Å². The molecular weight excluding hydrogens is 861 g/mol. The number of hydrogen-bond acceptors (Lipinski definition) is 6. The number of pyridine rings is 1. The summed E-state index contributed by atoms with van der Waals surface area (Å²) >= 11 is 0. The molecule has 0 N–H and O–H groups in total. The lowest BCUT2D eigenvalue weighted by Gasteiger charge is -2.13. The SMILES string of the molecule is c1ccc(-c2ccc3oc4ccc(-c5nc(-c6ccccc6)nc(-n6c7ccccc7c7ccc8c9ccccc9n(-c9cccc(-c%10ccc%11oc%12ccccc%12c%11c%10)n9)c8c76)n5)cc4c3c2)cc1. The maximum Gasteiger partial charge on any atom is 0.238 e. The molecule has 70 heavy (non-hydrogen) atoms. The van der Waals surface area contributed by atoms with Gasteiger partial charge in [0.1, 0.15) is 28.1 Å². The van der Waals surface area contributed by atoms with Gasteiger partial charge in [-0.1, -0.05) is 140 Å². The number of nitrogens with zero attached hydrogens (tertiary/aromatic N) is 6. The van der Waals surface area contributed by atoms with Crippen molar-refractivity contribution in [2.45, 2.75) is 0 Å². The van der Waals surface area contributed by atoms with Crippen molar-refractivity contribution in [2.75, 3.05) is 0 Å². The molecular formula is C62H36N6O2. The summed E-state index contributed by atoms with van der Waals surface area (Å²) in [6.45, 7) is 0. The highest BCUT2D eigenvalue weighted by molar-refractivity contribution is 6.23. The van der Waals surface area contributed by atoms with Gasteiger partial charge in [0.25, 0.3) is 0 Å². The number of furan rings is 2. The molecule has 6 heterocycles. The van der Waals surface area contributed by atoms with Crippen LogP contribution < -0.4 is 0 Å². The van der Waals surface area contributed by atoms with Gasteiger partial charge in [0.05, 0.1) is 27.8 Å². The van der Waals surface area contributed by atoms with Gasteiger partial charge in [-0.05, 0) is 90.0 Å². The van der Waals surface area contributed by atoms with Gasteiger partial charge in [0.15, 0.2) is 11.6 Å². The molecule has 0 aliphatic carbocycles. The van der Waals surface area contributed by atoms with Crippen LogP contribution in [0.4, 0.5) is 0 Å². The quantitative estimate of drug-likeness (QED) is 0.165. The molecule has 8 heteroatoms. The van der Waals surface area contributed by atoms with E-state index in [0.717, 1.165) is 127 Å². The standard InChI is InChI=1S/C62H36N6O2/c1-3-14-37(15-4-1)39-26-31-55-48(34-39)49-36-41(28-33-56(49)70-55)61-64-60(38-16-5-2-6-17-38)65-62(66-61)68-52-23-11-8-19-43(52)46-30-29-45-42-18-7-10-22-51(42)67(58(45)59(46)68)57-25-13-21-50(63-57)40-27-32-54-47(35-40)44-20-9-12-24-53(44)69-54/h1-36H. The first-order valence-electron chi connectivity index (χ1n) is 23.4. The minimum atomic E-state index is 0.505. The summed E-state index contributed by atoms with van der Waals surface area (Å²) in [5.74, 6) is 2.42. The molecule has 0 saturated heterocycles. The van der Waals surface area contributed by atoms with E-state index in [-0.39, 0.29) is 0 Å². The Hall–Kier alpha value is -9.66. The van der Waals surface area contributed by atoms with Crippen molar-refractivity contribution in [1.82, 2.24) is 29.1 Å². The van der Waals surface area contributed by atoms with Crippen LogP contribution in [0.25, 0.3) is 144 Å². The molecule has 9 aromatic carbocycles. The Morgan fingerprint density at radius 3 is 1.49 bits per heavy atom. The summed E-state index contributed by atoms with van der Waals surface area (Å²) in [5, 5.41) is 8.53. The predicted molar refractivity (Wildman–Crippen MR) is 283 cm³/mol. The molecule has 326 valence electrons. The molecule has 0 fully saturated rings. The molecule has 15 aromatic rings. The largest absolute Gasteiger partial charge is 0.456 e. The van der Waals surface area contributed by atoms with Gasteiger partial charge in [-0.15, -0.1) is 0 Å². The zero-order chi connectivity index (χ0) is 45.9. The van der Waals surface area contributed by atoms with Crippen LogP contribution in [0.5, 0.6) is 0 Å². The number of fused-ring (bicyclic) bond motifs is 13. The lowest BCUT2D eigenvalue weighted by atomic mass is 10.0. The van der Waals surface area contributed by atoms with Crippen LogP contribution in [0, 0.1) is 0 Å². The molecule has 0 bridgehead atoms. The first kappa shape index (κ1) is 38.4. The van der Waals surface area contributed by atoms with Crippen molar-refractivity contribution in [1.29, 1.82) is 0 Å². The summed E-state index contributed by atoms with van der Waals surface area (Å²) in [6, 6.07) is 75.5. The van der Waals surface area contributed by atoms with Gasteiger partial charge in [0, 0.05) is 59.8 Å². The van der Waals surface area contributed by atoms with Crippen molar-refractivity contribution >= 4 is 87.5 Å². The third-order valence-electron chi connectivity index (χ3n) is 13.8. The van der Waals surface area contributed by atoms with Crippen molar-refractivity contribution < 1.29 is 8.83 Å². The highest BCUT2D eigenvalue weighted by atomic mass is 16.3. The second-order valence-corrected chi connectivity index (χ2v) is 17.8. The average molecular weight is 897 g/mol. The second kappa shape index (κ2) is 14.9.